The number of nitrogens with zero attached hydrogens (tertiary/aromatic N) is 1. The molecule has 0 bridgehead atoms. The second-order valence-electron chi connectivity index (χ2n) is 5.46. The van der Waals surface area contributed by atoms with Crippen molar-refractivity contribution in [3.63, 3.8) is 0 Å². The number of hydrogen-bond acceptors (Lipinski definition) is 4. The van der Waals surface area contributed by atoms with Crippen LogP contribution in [0.1, 0.15) is 31.2 Å². The highest BCUT2D eigenvalue weighted by molar-refractivity contribution is 7.80. The van der Waals surface area contributed by atoms with Gasteiger partial charge in [0.25, 0.3) is 0 Å². The SMILES string of the molecule is NC(=S)c1cccc(OCCN2CCCCCC2CO)c1. The molecule has 1 aliphatic rings. The third-order valence-corrected chi connectivity index (χ3v) is 4.21. The maximum atomic E-state index is 9.49. The van der Waals surface area contributed by atoms with Crippen LogP contribution in [0.2, 0.25) is 0 Å². The maximum absolute atomic E-state index is 9.49. The summed E-state index contributed by atoms with van der Waals surface area (Å²) in [6.07, 6.45) is 4.74. The first-order valence-corrected chi connectivity index (χ1v) is 7.99. The molecule has 0 aliphatic carbocycles. The largest absolute Gasteiger partial charge is 0.492 e. The molecule has 0 aromatic heterocycles. The molecule has 1 unspecified atom stereocenters. The maximum Gasteiger partial charge on any atom is 0.120 e. The van der Waals surface area contributed by atoms with Crippen LogP contribution < -0.4 is 10.5 Å². The Kier molecular flexibility index (Phi) is 6.42. The third-order valence-electron chi connectivity index (χ3n) is 3.98. The van der Waals surface area contributed by atoms with Crippen molar-refractivity contribution < 1.29 is 9.84 Å². The van der Waals surface area contributed by atoms with Crippen LogP contribution in [0.25, 0.3) is 0 Å². The van der Waals surface area contributed by atoms with Crippen molar-refractivity contribution in [2.75, 3.05) is 26.3 Å². The Morgan fingerprint density at radius 2 is 2.24 bits per heavy atom. The lowest BCUT2D eigenvalue weighted by molar-refractivity contribution is 0.108. The zero-order chi connectivity index (χ0) is 15.1. The highest BCUT2D eigenvalue weighted by atomic mass is 32.1. The Morgan fingerprint density at radius 1 is 1.38 bits per heavy atom. The van der Waals surface area contributed by atoms with Crippen LogP contribution >= 0.6 is 12.2 Å². The summed E-state index contributed by atoms with van der Waals surface area (Å²) < 4.78 is 5.79. The van der Waals surface area contributed by atoms with Crippen molar-refractivity contribution in [3.05, 3.63) is 29.8 Å². The van der Waals surface area contributed by atoms with Gasteiger partial charge in [-0.05, 0) is 31.5 Å². The number of aliphatic hydroxyl groups excluding tert-OH is 1. The number of nitrogens with two attached hydrogens (primary N) is 1. The van der Waals surface area contributed by atoms with Gasteiger partial charge in [-0.2, -0.15) is 0 Å². The van der Waals surface area contributed by atoms with E-state index in [2.05, 4.69) is 4.90 Å². The van der Waals surface area contributed by atoms with E-state index in [1.54, 1.807) is 0 Å². The Bertz CT molecular complexity index is 467. The molecule has 3 N–H and O–H groups in total. The van der Waals surface area contributed by atoms with E-state index in [-0.39, 0.29) is 12.6 Å². The molecule has 116 valence electrons. The van der Waals surface area contributed by atoms with Gasteiger partial charge in [0.2, 0.25) is 0 Å². The lowest BCUT2D eigenvalue weighted by atomic mass is 10.1. The van der Waals surface area contributed by atoms with Gasteiger partial charge in [0.05, 0.1) is 6.61 Å². The van der Waals surface area contributed by atoms with E-state index in [0.717, 1.165) is 30.8 Å². The normalized spacial score (nSPS) is 20.0. The van der Waals surface area contributed by atoms with Crippen molar-refractivity contribution in [2.24, 2.45) is 5.73 Å². The summed E-state index contributed by atoms with van der Waals surface area (Å²) in [5.41, 5.74) is 6.45. The van der Waals surface area contributed by atoms with E-state index >= 15 is 0 Å². The standard InChI is InChI=1S/C16H24N2O2S/c17-16(21)13-5-4-7-15(11-13)20-10-9-18-8-3-1-2-6-14(18)12-19/h4-5,7,11,14,19H,1-3,6,8-10,12H2,(H2,17,21). The zero-order valence-corrected chi connectivity index (χ0v) is 13.1. The molecule has 0 spiro atoms. The van der Waals surface area contributed by atoms with Crippen molar-refractivity contribution in [1.82, 2.24) is 4.90 Å². The minimum Gasteiger partial charge on any atom is -0.492 e. The molecule has 1 aromatic carbocycles. The molecule has 0 amide bonds. The summed E-state index contributed by atoms with van der Waals surface area (Å²) in [7, 11) is 0. The molecule has 0 saturated carbocycles. The van der Waals surface area contributed by atoms with E-state index in [0.29, 0.717) is 11.6 Å². The van der Waals surface area contributed by atoms with Gasteiger partial charge in [-0.1, -0.05) is 37.2 Å². The fourth-order valence-electron chi connectivity index (χ4n) is 2.76. The van der Waals surface area contributed by atoms with E-state index in [1.807, 2.05) is 24.3 Å². The summed E-state index contributed by atoms with van der Waals surface area (Å²) in [6, 6.07) is 7.83. The molecule has 21 heavy (non-hydrogen) atoms. The van der Waals surface area contributed by atoms with Crippen molar-refractivity contribution in [2.45, 2.75) is 31.7 Å². The number of aliphatic hydroxyl groups is 1. The third kappa shape index (κ3) is 4.95. The monoisotopic (exact) mass is 308 g/mol. The predicted molar refractivity (Wildman–Crippen MR) is 88.7 cm³/mol. The van der Waals surface area contributed by atoms with Crippen LogP contribution in [0, 0.1) is 0 Å². The number of rotatable bonds is 6. The summed E-state index contributed by atoms with van der Waals surface area (Å²) >= 11 is 4.97. The van der Waals surface area contributed by atoms with Gasteiger partial charge >= 0.3 is 0 Å². The molecular weight excluding hydrogens is 284 g/mol. The van der Waals surface area contributed by atoms with Gasteiger partial charge in [-0.15, -0.1) is 0 Å². The van der Waals surface area contributed by atoms with Crippen LogP contribution in [-0.2, 0) is 0 Å². The number of benzene rings is 1. The first-order valence-electron chi connectivity index (χ1n) is 7.58. The van der Waals surface area contributed by atoms with Gasteiger partial charge < -0.3 is 15.6 Å². The smallest absolute Gasteiger partial charge is 0.120 e. The lowest BCUT2D eigenvalue weighted by Crippen LogP contribution is -2.40. The van der Waals surface area contributed by atoms with Gasteiger partial charge in [0, 0.05) is 18.2 Å². The molecule has 1 heterocycles. The molecule has 1 fully saturated rings. The van der Waals surface area contributed by atoms with E-state index < -0.39 is 0 Å². The van der Waals surface area contributed by atoms with Gasteiger partial charge in [0.1, 0.15) is 17.3 Å². The highest BCUT2D eigenvalue weighted by Gasteiger charge is 2.19. The number of hydrogen-bond donors (Lipinski definition) is 2. The molecule has 1 atom stereocenters. The van der Waals surface area contributed by atoms with Crippen LogP contribution in [-0.4, -0.2) is 47.3 Å². The Hall–Kier alpha value is -1.17. The van der Waals surface area contributed by atoms with Crippen LogP contribution in [0.3, 0.4) is 0 Å². The zero-order valence-electron chi connectivity index (χ0n) is 12.3. The van der Waals surface area contributed by atoms with E-state index in [9.17, 15) is 5.11 Å². The molecule has 5 heteroatoms. The minimum absolute atomic E-state index is 0.233. The molecule has 1 saturated heterocycles. The Morgan fingerprint density at radius 3 is 3.00 bits per heavy atom. The molecule has 2 rings (SSSR count). The van der Waals surface area contributed by atoms with Crippen LogP contribution in [0.4, 0.5) is 0 Å². The second-order valence-corrected chi connectivity index (χ2v) is 5.90. The molecule has 1 aliphatic heterocycles. The van der Waals surface area contributed by atoms with Crippen molar-refractivity contribution >= 4 is 17.2 Å². The first-order chi connectivity index (χ1) is 10.2. The van der Waals surface area contributed by atoms with Crippen LogP contribution in [0.5, 0.6) is 5.75 Å². The Labute approximate surface area is 131 Å². The van der Waals surface area contributed by atoms with Gasteiger partial charge in [-0.25, -0.2) is 0 Å². The van der Waals surface area contributed by atoms with Crippen molar-refractivity contribution in [1.29, 1.82) is 0 Å². The molecule has 1 aromatic rings. The number of thiocarbonyl (C=S) groups is 1. The van der Waals surface area contributed by atoms with Crippen LogP contribution in [0.15, 0.2) is 24.3 Å². The highest BCUT2D eigenvalue weighted by Crippen LogP contribution is 2.17. The van der Waals surface area contributed by atoms with Gasteiger partial charge in [0.15, 0.2) is 0 Å². The summed E-state index contributed by atoms with van der Waals surface area (Å²) in [5, 5.41) is 9.49. The summed E-state index contributed by atoms with van der Waals surface area (Å²) in [4.78, 5) is 2.72. The molecule has 0 radical (unpaired) electrons. The van der Waals surface area contributed by atoms with E-state index in [4.69, 9.17) is 22.7 Å². The topological polar surface area (TPSA) is 58.7 Å². The van der Waals surface area contributed by atoms with Gasteiger partial charge in [-0.3, -0.25) is 4.90 Å². The first kappa shape index (κ1) is 16.2. The summed E-state index contributed by atoms with van der Waals surface area (Å²) in [5.74, 6) is 0.788. The van der Waals surface area contributed by atoms with Crippen molar-refractivity contribution in [3.8, 4) is 5.75 Å². The Balaban J connectivity index is 1.85. The average molecular weight is 308 g/mol. The molecule has 4 nitrogen and oxygen atoms in total. The minimum atomic E-state index is 0.233. The molecular formula is C16H24N2O2S. The predicted octanol–water partition coefficient (Wildman–Crippen LogP) is 1.94. The number of likely N-dealkylation sites (tertiary alicyclic amines) is 1. The lowest BCUT2D eigenvalue weighted by Gasteiger charge is -2.28. The second kappa shape index (κ2) is 8.32. The fourth-order valence-corrected chi connectivity index (χ4v) is 2.88. The average Bonchev–Trinajstić information content (AvgIpc) is 2.72. The summed E-state index contributed by atoms with van der Waals surface area (Å²) in [6.45, 7) is 2.72. The fraction of sp³-hybridized carbons (Fsp3) is 0.562. The van der Waals surface area contributed by atoms with E-state index in [1.165, 1.54) is 19.3 Å². The quantitative estimate of drug-likeness (QED) is 0.787. The number of ether oxygens (including phenoxy) is 1.